The standard InChI is InChI=1S/C11H18N2O13S3/c12-29(24,25)5-1-4-6(13-2-9(14,15)16)11(20,21)8(26-3-10(17,18)19)28(22,23)7(4)27-5/h1,6,8,13-21H,2-3H2,(H2,12,24,25). The summed E-state index contributed by atoms with van der Waals surface area (Å²) in [5, 5.41) is 81.5. The first kappa shape index (κ1) is 24.4. The first-order valence-corrected chi connectivity index (χ1v) is 11.2. The SMILES string of the molecule is NS(=O)(=O)c1cc2c(s1)S(=O)(=O)C(OCC(O)(O)O)C(O)(O)C2NCC(O)(O)O. The normalized spacial score (nSPS) is 24.3. The van der Waals surface area contributed by atoms with Gasteiger partial charge in [0.05, 0.1) is 12.6 Å². The van der Waals surface area contributed by atoms with Crippen molar-refractivity contribution in [2.75, 3.05) is 13.2 Å². The molecule has 0 bridgehead atoms. The predicted octanol–water partition coefficient (Wildman–Crippen LogP) is -5.90. The number of ether oxygens (including phenoxy) is 1. The molecule has 2 rings (SSSR count). The van der Waals surface area contributed by atoms with Gasteiger partial charge in [0.2, 0.25) is 31.1 Å². The average molecular weight is 482 g/mol. The molecular formula is C11H18N2O13S3. The van der Waals surface area contributed by atoms with Crippen LogP contribution < -0.4 is 10.5 Å². The fourth-order valence-electron chi connectivity index (χ4n) is 2.52. The maximum atomic E-state index is 12.7. The van der Waals surface area contributed by atoms with E-state index in [1.807, 2.05) is 5.32 Å². The third kappa shape index (κ3) is 5.26. The summed E-state index contributed by atoms with van der Waals surface area (Å²) < 4.78 is 51.7. The molecule has 1 aliphatic heterocycles. The zero-order valence-corrected chi connectivity index (χ0v) is 16.5. The van der Waals surface area contributed by atoms with Crippen LogP contribution in [0.2, 0.25) is 0 Å². The van der Waals surface area contributed by atoms with E-state index in [-0.39, 0.29) is 11.3 Å². The van der Waals surface area contributed by atoms with Gasteiger partial charge in [0.25, 0.3) is 11.9 Å². The van der Waals surface area contributed by atoms with E-state index in [1.54, 1.807) is 0 Å². The molecule has 0 radical (unpaired) electrons. The van der Waals surface area contributed by atoms with E-state index < -0.39 is 76.2 Å². The Bertz CT molecular complexity index is 971. The molecule has 0 fully saturated rings. The van der Waals surface area contributed by atoms with Gasteiger partial charge in [-0.05, 0) is 6.07 Å². The van der Waals surface area contributed by atoms with Gasteiger partial charge >= 0.3 is 0 Å². The zero-order chi connectivity index (χ0) is 22.6. The molecule has 1 aromatic rings. The maximum Gasteiger partial charge on any atom is 0.300 e. The van der Waals surface area contributed by atoms with Gasteiger partial charge in [-0.25, -0.2) is 22.0 Å². The second kappa shape index (κ2) is 7.39. The molecule has 29 heavy (non-hydrogen) atoms. The molecule has 0 aliphatic carbocycles. The molecule has 0 amide bonds. The fourth-order valence-corrected chi connectivity index (χ4v) is 6.88. The Hall–Kier alpha value is -0.840. The molecule has 1 aromatic heterocycles. The van der Waals surface area contributed by atoms with E-state index in [2.05, 4.69) is 4.74 Å². The van der Waals surface area contributed by atoms with Crippen LogP contribution in [0.5, 0.6) is 0 Å². The fraction of sp³-hybridized carbons (Fsp3) is 0.636. The number of rotatable bonds is 7. The Morgan fingerprint density at radius 1 is 1.17 bits per heavy atom. The summed E-state index contributed by atoms with van der Waals surface area (Å²) in [5.41, 5.74) is -3.29. The van der Waals surface area contributed by atoms with Gasteiger partial charge in [-0.3, -0.25) is 5.32 Å². The van der Waals surface area contributed by atoms with Crippen molar-refractivity contribution in [3.8, 4) is 0 Å². The molecule has 0 saturated heterocycles. The van der Waals surface area contributed by atoms with Crippen molar-refractivity contribution < 1.29 is 62.4 Å². The summed E-state index contributed by atoms with van der Waals surface area (Å²) in [5.74, 6) is -10.5. The Balaban J connectivity index is 2.65. The van der Waals surface area contributed by atoms with Gasteiger partial charge in [-0.15, -0.1) is 11.3 Å². The van der Waals surface area contributed by atoms with Crippen molar-refractivity contribution in [2.45, 2.75) is 37.6 Å². The first-order chi connectivity index (χ1) is 12.8. The lowest BCUT2D eigenvalue weighted by atomic mass is 10.0. The summed E-state index contributed by atoms with van der Waals surface area (Å²) in [6, 6.07) is -1.33. The Kier molecular flexibility index (Phi) is 6.22. The van der Waals surface area contributed by atoms with Gasteiger partial charge in [0.15, 0.2) is 0 Å². The van der Waals surface area contributed by atoms with E-state index in [9.17, 15) is 27.0 Å². The van der Waals surface area contributed by atoms with Crippen LogP contribution in [-0.4, -0.2) is 94.0 Å². The molecule has 0 spiro atoms. The number of nitrogens with one attached hydrogen (secondary N) is 1. The van der Waals surface area contributed by atoms with Crippen LogP contribution in [0.3, 0.4) is 0 Å². The van der Waals surface area contributed by atoms with Crippen molar-refractivity contribution >= 4 is 31.2 Å². The minimum absolute atomic E-state index is 0.106. The number of sulfone groups is 1. The highest BCUT2D eigenvalue weighted by Gasteiger charge is 2.58. The molecule has 15 nitrogen and oxygen atoms in total. The lowest BCUT2D eigenvalue weighted by Gasteiger charge is -2.41. The molecular weight excluding hydrogens is 464 g/mol. The average Bonchev–Trinajstić information content (AvgIpc) is 2.89. The highest BCUT2D eigenvalue weighted by molar-refractivity contribution is 7.95. The monoisotopic (exact) mass is 482 g/mol. The third-order valence-corrected chi connectivity index (χ3v) is 8.69. The van der Waals surface area contributed by atoms with Gasteiger partial charge < -0.3 is 45.6 Å². The van der Waals surface area contributed by atoms with Crippen LogP contribution in [0, 0.1) is 0 Å². The smallest absolute Gasteiger partial charge is 0.300 e. The molecule has 2 heterocycles. The van der Waals surface area contributed by atoms with Crippen molar-refractivity contribution in [1.82, 2.24) is 5.32 Å². The van der Waals surface area contributed by atoms with Gasteiger partial charge in [0.1, 0.15) is 15.0 Å². The highest BCUT2D eigenvalue weighted by atomic mass is 32.3. The van der Waals surface area contributed by atoms with Gasteiger partial charge in [0, 0.05) is 5.56 Å². The zero-order valence-electron chi connectivity index (χ0n) is 14.1. The molecule has 2 atom stereocenters. The summed E-state index contributed by atoms with van der Waals surface area (Å²) in [7, 11) is -9.37. The number of aliphatic hydroxyl groups is 8. The molecule has 168 valence electrons. The number of thiophene rings is 1. The van der Waals surface area contributed by atoms with E-state index in [0.29, 0.717) is 6.07 Å². The van der Waals surface area contributed by atoms with E-state index in [1.165, 1.54) is 0 Å². The Morgan fingerprint density at radius 3 is 2.17 bits per heavy atom. The minimum atomic E-state index is -4.92. The summed E-state index contributed by atoms with van der Waals surface area (Å²) >= 11 is 0.106. The van der Waals surface area contributed by atoms with Gasteiger partial charge in [-0.1, -0.05) is 0 Å². The van der Waals surface area contributed by atoms with E-state index in [4.69, 9.17) is 35.8 Å². The second-order valence-corrected chi connectivity index (χ2v) is 11.2. The molecule has 0 aromatic carbocycles. The second-order valence-electron chi connectivity index (χ2n) is 6.19. The van der Waals surface area contributed by atoms with Crippen LogP contribution in [-0.2, 0) is 24.6 Å². The van der Waals surface area contributed by atoms with Crippen molar-refractivity contribution in [1.29, 1.82) is 0 Å². The number of fused-ring (bicyclic) bond motifs is 1. The van der Waals surface area contributed by atoms with Crippen molar-refractivity contribution in [3.63, 3.8) is 0 Å². The number of sulfonamides is 1. The number of nitrogens with two attached hydrogens (primary N) is 1. The van der Waals surface area contributed by atoms with Crippen molar-refractivity contribution in [3.05, 3.63) is 11.6 Å². The quantitative estimate of drug-likeness (QED) is 0.162. The largest absolute Gasteiger partial charge is 0.361 e. The van der Waals surface area contributed by atoms with Crippen LogP contribution >= 0.6 is 11.3 Å². The van der Waals surface area contributed by atoms with Crippen LogP contribution in [0.1, 0.15) is 11.6 Å². The Morgan fingerprint density at radius 2 is 1.72 bits per heavy atom. The minimum Gasteiger partial charge on any atom is -0.361 e. The number of primary sulfonamides is 1. The lowest BCUT2D eigenvalue weighted by molar-refractivity contribution is -0.344. The first-order valence-electron chi connectivity index (χ1n) is 7.31. The van der Waals surface area contributed by atoms with Crippen LogP contribution in [0.15, 0.2) is 14.5 Å². The molecule has 11 N–H and O–H groups in total. The lowest BCUT2D eigenvalue weighted by Crippen LogP contribution is -2.61. The predicted molar refractivity (Wildman–Crippen MR) is 89.3 cm³/mol. The molecule has 1 aliphatic rings. The van der Waals surface area contributed by atoms with E-state index >= 15 is 0 Å². The molecule has 2 unspecified atom stereocenters. The number of hydrogen-bond donors (Lipinski definition) is 10. The highest BCUT2D eigenvalue weighted by Crippen LogP contribution is 2.47. The summed E-state index contributed by atoms with van der Waals surface area (Å²) in [6.45, 7) is -2.73. The van der Waals surface area contributed by atoms with E-state index in [0.717, 1.165) is 0 Å². The van der Waals surface area contributed by atoms with Crippen LogP contribution in [0.4, 0.5) is 0 Å². The van der Waals surface area contributed by atoms with Crippen LogP contribution in [0.25, 0.3) is 0 Å². The molecule has 18 heteroatoms. The summed E-state index contributed by atoms with van der Waals surface area (Å²) in [4.78, 5) is 0. The molecule has 0 saturated carbocycles. The summed E-state index contributed by atoms with van der Waals surface area (Å²) in [6.07, 6.45) is 0. The van der Waals surface area contributed by atoms with Crippen molar-refractivity contribution in [2.24, 2.45) is 5.14 Å². The third-order valence-electron chi connectivity index (χ3n) is 3.58. The Labute approximate surface area is 166 Å². The topological polar surface area (TPSA) is 277 Å². The maximum absolute atomic E-state index is 12.7. The van der Waals surface area contributed by atoms with Gasteiger partial charge in [-0.2, -0.15) is 0 Å². The number of hydrogen-bond acceptors (Lipinski definition) is 15.